The van der Waals surface area contributed by atoms with E-state index in [0.29, 0.717) is 0 Å². The van der Waals surface area contributed by atoms with Gasteiger partial charge in [-0.25, -0.2) is 9.50 Å². The molecule has 6 nitrogen and oxygen atoms in total. The second-order valence-corrected chi connectivity index (χ2v) is 5.38. The van der Waals surface area contributed by atoms with Gasteiger partial charge in [-0.15, -0.1) is 0 Å². The number of alkyl halides is 6. The molecule has 12 heteroatoms. The summed E-state index contributed by atoms with van der Waals surface area (Å²) in [6, 6.07) is 4.61. The van der Waals surface area contributed by atoms with E-state index in [9.17, 15) is 31.1 Å². The van der Waals surface area contributed by atoms with Crippen LogP contribution in [0.5, 0.6) is 17.4 Å². The van der Waals surface area contributed by atoms with Crippen LogP contribution in [0.2, 0.25) is 0 Å². The summed E-state index contributed by atoms with van der Waals surface area (Å²) >= 11 is 0. The molecule has 0 unspecified atom stereocenters. The minimum atomic E-state index is -4.86. The van der Waals surface area contributed by atoms with E-state index in [1.807, 2.05) is 0 Å². The number of pyridine rings is 2. The van der Waals surface area contributed by atoms with Crippen molar-refractivity contribution in [1.29, 1.82) is 0 Å². The lowest BCUT2D eigenvalue weighted by atomic mass is 10.2. The summed E-state index contributed by atoms with van der Waals surface area (Å²) in [5.74, 6) is -0.900. The third-order valence-electron chi connectivity index (χ3n) is 3.37. The summed E-state index contributed by atoms with van der Waals surface area (Å²) < 4.78 is 87.5. The van der Waals surface area contributed by atoms with Crippen molar-refractivity contribution in [3.8, 4) is 17.4 Å². The van der Waals surface area contributed by atoms with Crippen molar-refractivity contribution in [3.05, 3.63) is 47.9 Å². The maximum atomic E-state index is 13.2. The summed E-state index contributed by atoms with van der Waals surface area (Å²) in [6.07, 6.45) is -7.18. The van der Waals surface area contributed by atoms with Crippen molar-refractivity contribution in [3.63, 3.8) is 0 Å². The number of hydrogen-bond acceptors (Lipinski definition) is 5. The molecule has 0 amide bonds. The first-order valence-electron chi connectivity index (χ1n) is 7.45. The number of nitrogens with zero attached hydrogens (tertiary/aromatic N) is 3. The first kappa shape index (κ1) is 19.5. The van der Waals surface area contributed by atoms with E-state index in [1.165, 1.54) is 18.3 Å². The Bertz CT molecular complexity index is 1010. The van der Waals surface area contributed by atoms with Crippen molar-refractivity contribution in [2.24, 2.45) is 0 Å². The Balaban J connectivity index is 1.97. The Hall–Kier alpha value is -3.31. The van der Waals surface area contributed by atoms with E-state index < -0.39 is 35.7 Å². The lowest BCUT2D eigenvalue weighted by Gasteiger charge is -2.13. The highest BCUT2D eigenvalue weighted by Gasteiger charge is 2.38. The average Bonchev–Trinajstić information content (AvgIpc) is 2.98. The number of aldehydes is 1. The van der Waals surface area contributed by atoms with Crippen LogP contribution >= 0.6 is 0 Å². The summed E-state index contributed by atoms with van der Waals surface area (Å²) in [5.41, 5.74) is -2.54. The summed E-state index contributed by atoms with van der Waals surface area (Å²) in [7, 11) is 0. The van der Waals surface area contributed by atoms with E-state index in [0.717, 1.165) is 22.8 Å². The van der Waals surface area contributed by atoms with Crippen LogP contribution in [0.15, 0.2) is 36.7 Å². The van der Waals surface area contributed by atoms with Gasteiger partial charge in [-0.1, -0.05) is 0 Å². The topological polar surface area (TPSA) is 65.7 Å². The van der Waals surface area contributed by atoms with Crippen LogP contribution in [0.25, 0.3) is 5.52 Å². The van der Waals surface area contributed by atoms with Gasteiger partial charge in [0.05, 0.1) is 5.52 Å². The van der Waals surface area contributed by atoms with Crippen molar-refractivity contribution in [2.75, 3.05) is 6.61 Å². The molecule has 0 aliphatic heterocycles. The van der Waals surface area contributed by atoms with Gasteiger partial charge in [-0.2, -0.15) is 31.4 Å². The zero-order valence-electron chi connectivity index (χ0n) is 13.6. The maximum Gasteiger partial charge on any atom is 0.422 e. The second kappa shape index (κ2) is 7.02. The molecule has 3 aromatic heterocycles. The smallest absolute Gasteiger partial charge is 0.422 e. The summed E-state index contributed by atoms with van der Waals surface area (Å²) in [5, 5.41) is 3.53. The fourth-order valence-corrected chi connectivity index (χ4v) is 2.31. The Kier molecular flexibility index (Phi) is 4.87. The standard InChI is InChI=1S/C16H9F6N3O3/c17-15(18,19)8-27-12-2-1-4-23-14(12)28-9-3-5-25-11(6-9)13(16(20,21)22)10(7-26)24-25/h1-7H,8H2. The molecule has 0 N–H and O–H groups in total. The molecule has 3 heterocycles. The van der Waals surface area contributed by atoms with Crippen LogP contribution in [0, 0.1) is 0 Å². The lowest BCUT2D eigenvalue weighted by Crippen LogP contribution is -2.19. The number of ether oxygens (including phenoxy) is 2. The molecule has 28 heavy (non-hydrogen) atoms. The SMILES string of the molecule is O=Cc1nn2ccc(Oc3ncccc3OCC(F)(F)F)cc2c1C(F)(F)F. The Morgan fingerprint density at radius 2 is 1.89 bits per heavy atom. The molecule has 3 aromatic rings. The number of carbonyl (C=O) groups excluding carboxylic acids is 1. The predicted molar refractivity (Wildman–Crippen MR) is 81.4 cm³/mol. The summed E-state index contributed by atoms with van der Waals surface area (Å²) in [4.78, 5) is 14.6. The largest absolute Gasteiger partial charge is 0.478 e. The van der Waals surface area contributed by atoms with Crippen molar-refractivity contribution in [2.45, 2.75) is 12.4 Å². The molecule has 3 rings (SSSR count). The highest BCUT2D eigenvalue weighted by Crippen LogP contribution is 2.37. The van der Waals surface area contributed by atoms with Crippen LogP contribution < -0.4 is 9.47 Å². The van der Waals surface area contributed by atoms with E-state index in [-0.39, 0.29) is 23.7 Å². The maximum absolute atomic E-state index is 13.2. The molecule has 0 radical (unpaired) electrons. The van der Waals surface area contributed by atoms with Crippen LogP contribution in [0.4, 0.5) is 26.3 Å². The predicted octanol–water partition coefficient (Wildman–Crippen LogP) is 4.29. The van der Waals surface area contributed by atoms with Crippen molar-refractivity contribution < 1.29 is 40.6 Å². The Morgan fingerprint density at radius 1 is 1.14 bits per heavy atom. The monoisotopic (exact) mass is 405 g/mol. The molecule has 0 saturated heterocycles. The first-order valence-corrected chi connectivity index (χ1v) is 7.45. The number of hydrogen-bond donors (Lipinski definition) is 0. The number of rotatable bonds is 5. The number of halogens is 6. The average molecular weight is 405 g/mol. The number of carbonyl (C=O) groups is 1. The molecule has 0 fully saturated rings. The zero-order chi connectivity index (χ0) is 20.5. The van der Waals surface area contributed by atoms with Crippen molar-refractivity contribution >= 4 is 11.8 Å². The minimum Gasteiger partial charge on any atom is -0.478 e. The molecular formula is C16H9F6N3O3. The molecule has 0 aromatic carbocycles. The van der Waals surface area contributed by atoms with Gasteiger partial charge in [0.25, 0.3) is 5.88 Å². The van der Waals surface area contributed by atoms with Gasteiger partial charge >= 0.3 is 12.4 Å². The third-order valence-corrected chi connectivity index (χ3v) is 3.37. The van der Waals surface area contributed by atoms with Gasteiger partial charge in [-0.05, 0) is 18.2 Å². The number of fused-ring (bicyclic) bond motifs is 1. The van der Waals surface area contributed by atoms with Gasteiger partial charge in [0.1, 0.15) is 17.0 Å². The molecule has 0 saturated carbocycles. The van der Waals surface area contributed by atoms with Crippen molar-refractivity contribution in [1.82, 2.24) is 14.6 Å². The molecule has 0 bridgehead atoms. The van der Waals surface area contributed by atoms with E-state index in [4.69, 9.17) is 4.74 Å². The van der Waals surface area contributed by atoms with Crippen LogP contribution in [0.3, 0.4) is 0 Å². The Labute approximate surface area is 152 Å². The third kappa shape index (κ3) is 4.15. The molecule has 0 atom stereocenters. The second-order valence-electron chi connectivity index (χ2n) is 5.38. The van der Waals surface area contributed by atoms with Gasteiger partial charge in [-0.3, -0.25) is 4.79 Å². The normalized spacial score (nSPS) is 12.2. The van der Waals surface area contributed by atoms with Gasteiger partial charge in [0.15, 0.2) is 18.6 Å². The van der Waals surface area contributed by atoms with E-state index in [1.54, 1.807) is 0 Å². The molecule has 0 aliphatic rings. The van der Waals surface area contributed by atoms with E-state index in [2.05, 4.69) is 14.8 Å². The number of aromatic nitrogens is 3. The molecule has 0 spiro atoms. The van der Waals surface area contributed by atoms with Gasteiger partial charge in [0, 0.05) is 18.5 Å². The van der Waals surface area contributed by atoms with Crippen LogP contribution in [-0.2, 0) is 6.18 Å². The molecule has 0 aliphatic carbocycles. The first-order chi connectivity index (χ1) is 13.1. The van der Waals surface area contributed by atoms with Crippen LogP contribution in [0.1, 0.15) is 16.1 Å². The van der Waals surface area contributed by atoms with E-state index >= 15 is 0 Å². The Morgan fingerprint density at radius 3 is 2.54 bits per heavy atom. The highest BCUT2D eigenvalue weighted by atomic mass is 19.4. The lowest BCUT2D eigenvalue weighted by molar-refractivity contribution is -0.153. The molecule has 148 valence electrons. The van der Waals surface area contributed by atoms with Crippen LogP contribution in [-0.4, -0.2) is 33.7 Å². The summed E-state index contributed by atoms with van der Waals surface area (Å²) in [6.45, 7) is -1.60. The fourth-order valence-electron chi connectivity index (χ4n) is 2.31. The quantitative estimate of drug-likeness (QED) is 0.468. The highest BCUT2D eigenvalue weighted by molar-refractivity contribution is 5.80. The fraction of sp³-hybridized carbons (Fsp3) is 0.188. The van der Waals surface area contributed by atoms with Gasteiger partial charge in [0.2, 0.25) is 0 Å². The minimum absolute atomic E-state index is 0.0296. The van der Waals surface area contributed by atoms with Gasteiger partial charge < -0.3 is 9.47 Å². The zero-order valence-corrected chi connectivity index (χ0v) is 13.6. The molecular weight excluding hydrogens is 396 g/mol.